The van der Waals surface area contributed by atoms with Crippen LogP contribution in [0.3, 0.4) is 0 Å². The van der Waals surface area contributed by atoms with Gasteiger partial charge >= 0.3 is 0 Å². The normalized spacial score (nSPS) is 10.4. The van der Waals surface area contributed by atoms with E-state index in [1.54, 1.807) is 21.3 Å². The molecule has 0 atom stereocenters. The minimum Gasteiger partial charge on any atom is -0.493 e. The van der Waals surface area contributed by atoms with Gasteiger partial charge in [0.2, 0.25) is 5.75 Å². The van der Waals surface area contributed by atoms with Crippen LogP contribution in [-0.4, -0.2) is 31.4 Å². The molecule has 0 unspecified atom stereocenters. The number of aliphatic hydroxyl groups excluding tert-OH is 1. The van der Waals surface area contributed by atoms with E-state index in [2.05, 4.69) is 4.98 Å². The van der Waals surface area contributed by atoms with Crippen LogP contribution < -0.4 is 14.2 Å². The van der Waals surface area contributed by atoms with Gasteiger partial charge in [-0.2, -0.15) is 0 Å². The lowest BCUT2D eigenvalue weighted by Crippen LogP contribution is -1.95. The van der Waals surface area contributed by atoms with Crippen molar-refractivity contribution in [2.75, 3.05) is 21.3 Å². The van der Waals surface area contributed by atoms with Crippen LogP contribution in [-0.2, 0) is 6.61 Å². The lowest BCUT2D eigenvalue weighted by atomic mass is 10.2. The van der Waals surface area contributed by atoms with E-state index in [1.165, 1.54) is 11.3 Å². The highest BCUT2D eigenvalue weighted by Crippen LogP contribution is 2.42. The number of thiazole rings is 1. The summed E-state index contributed by atoms with van der Waals surface area (Å²) in [5, 5.41) is 10.0. The summed E-state index contributed by atoms with van der Waals surface area (Å²) in [6.45, 7) is 1.87. The number of rotatable bonds is 5. The minimum absolute atomic E-state index is 0.0627. The number of aryl methyl sites for hydroxylation is 1. The number of benzene rings is 1. The quantitative estimate of drug-likeness (QED) is 0.919. The number of methoxy groups -OCH3 is 3. The van der Waals surface area contributed by atoms with Crippen molar-refractivity contribution in [1.29, 1.82) is 0 Å². The molecule has 1 N–H and O–H groups in total. The molecule has 0 aliphatic heterocycles. The van der Waals surface area contributed by atoms with Gasteiger partial charge in [0, 0.05) is 10.4 Å². The van der Waals surface area contributed by atoms with Crippen LogP contribution in [0.15, 0.2) is 12.1 Å². The molecule has 108 valence electrons. The predicted molar refractivity (Wildman–Crippen MR) is 77.9 cm³/mol. The summed E-state index contributed by atoms with van der Waals surface area (Å²) in [4.78, 5) is 5.42. The molecule has 2 aromatic rings. The summed E-state index contributed by atoms with van der Waals surface area (Å²) in [5.74, 6) is 1.72. The Balaban J connectivity index is 2.56. The molecule has 1 heterocycles. The maximum Gasteiger partial charge on any atom is 0.203 e. The molecular formula is C14H17NO4S. The minimum atomic E-state index is -0.0627. The van der Waals surface area contributed by atoms with Gasteiger partial charge in [-0.15, -0.1) is 11.3 Å². The van der Waals surface area contributed by atoms with Gasteiger partial charge in [-0.25, -0.2) is 4.98 Å². The zero-order valence-electron chi connectivity index (χ0n) is 11.9. The standard InChI is InChI=1S/C14H17NO4S/c1-8-10(7-16)15-14(20-8)9-5-11(17-2)13(19-4)12(6-9)18-3/h5-6,16H,7H2,1-4H3. The summed E-state index contributed by atoms with van der Waals surface area (Å²) in [6, 6.07) is 3.70. The van der Waals surface area contributed by atoms with Crippen LogP contribution in [0, 0.1) is 6.92 Å². The Morgan fingerprint density at radius 3 is 2.10 bits per heavy atom. The molecule has 20 heavy (non-hydrogen) atoms. The number of hydrogen-bond acceptors (Lipinski definition) is 6. The van der Waals surface area contributed by atoms with Gasteiger partial charge in [0.05, 0.1) is 33.6 Å². The fourth-order valence-corrected chi connectivity index (χ4v) is 2.81. The van der Waals surface area contributed by atoms with E-state index in [0.29, 0.717) is 22.9 Å². The van der Waals surface area contributed by atoms with Gasteiger partial charge in [0.25, 0.3) is 0 Å². The Morgan fingerprint density at radius 1 is 1.10 bits per heavy atom. The second-order valence-electron chi connectivity index (χ2n) is 4.09. The van der Waals surface area contributed by atoms with Crippen LogP contribution in [0.1, 0.15) is 10.6 Å². The Labute approximate surface area is 121 Å². The van der Waals surface area contributed by atoms with Crippen molar-refractivity contribution in [3.05, 3.63) is 22.7 Å². The maximum atomic E-state index is 9.24. The summed E-state index contributed by atoms with van der Waals surface area (Å²) in [5.41, 5.74) is 1.56. The second kappa shape index (κ2) is 6.11. The van der Waals surface area contributed by atoms with E-state index in [4.69, 9.17) is 14.2 Å². The van der Waals surface area contributed by atoms with Crippen molar-refractivity contribution >= 4 is 11.3 Å². The Morgan fingerprint density at radius 2 is 1.70 bits per heavy atom. The smallest absolute Gasteiger partial charge is 0.203 e. The first-order valence-corrected chi connectivity index (χ1v) is 6.83. The SMILES string of the molecule is COc1cc(-c2nc(CO)c(C)s2)cc(OC)c1OC. The molecule has 0 fully saturated rings. The highest BCUT2D eigenvalue weighted by atomic mass is 32.1. The van der Waals surface area contributed by atoms with Gasteiger partial charge < -0.3 is 19.3 Å². The lowest BCUT2D eigenvalue weighted by Gasteiger charge is -2.13. The van der Waals surface area contributed by atoms with Crippen LogP contribution >= 0.6 is 11.3 Å². The molecule has 6 heteroatoms. The first kappa shape index (κ1) is 14.6. The number of nitrogens with zero attached hydrogens (tertiary/aromatic N) is 1. The fourth-order valence-electron chi connectivity index (χ4n) is 1.90. The molecule has 0 radical (unpaired) electrons. The monoisotopic (exact) mass is 295 g/mol. The Bertz CT molecular complexity index is 584. The van der Waals surface area contributed by atoms with E-state index < -0.39 is 0 Å². The number of ether oxygens (including phenoxy) is 3. The molecule has 2 rings (SSSR count). The molecule has 5 nitrogen and oxygen atoms in total. The summed E-state index contributed by atoms with van der Waals surface area (Å²) < 4.78 is 15.9. The number of aliphatic hydroxyl groups is 1. The van der Waals surface area contributed by atoms with Crippen molar-refractivity contribution in [3.63, 3.8) is 0 Å². The van der Waals surface area contributed by atoms with Gasteiger partial charge in [-0.05, 0) is 19.1 Å². The molecular weight excluding hydrogens is 278 g/mol. The highest BCUT2D eigenvalue weighted by Gasteiger charge is 2.16. The Hall–Kier alpha value is -1.79. The average molecular weight is 295 g/mol. The van der Waals surface area contributed by atoms with Crippen LogP contribution in [0.5, 0.6) is 17.2 Å². The van der Waals surface area contributed by atoms with Crippen LogP contribution in [0.4, 0.5) is 0 Å². The summed E-state index contributed by atoms with van der Waals surface area (Å²) >= 11 is 1.52. The predicted octanol–water partition coefficient (Wildman–Crippen LogP) is 2.64. The molecule has 0 aliphatic carbocycles. The van der Waals surface area contributed by atoms with Crippen molar-refractivity contribution in [2.24, 2.45) is 0 Å². The van der Waals surface area contributed by atoms with E-state index in [9.17, 15) is 5.11 Å². The summed E-state index contributed by atoms with van der Waals surface area (Å²) in [7, 11) is 4.72. The molecule has 0 amide bonds. The molecule has 0 saturated carbocycles. The molecule has 0 saturated heterocycles. The molecule has 1 aromatic carbocycles. The molecule has 0 spiro atoms. The molecule has 0 bridgehead atoms. The number of aromatic nitrogens is 1. The van der Waals surface area contributed by atoms with E-state index in [0.717, 1.165) is 15.4 Å². The maximum absolute atomic E-state index is 9.24. The molecule has 0 aliphatic rings. The van der Waals surface area contributed by atoms with E-state index in [-0.39, 0.29) is 6.61 Å². The molecule has 1 aromatic heterocycles. The van der Waals surface area contributed by atoms with Crippen molar-refractivity contribution in [3.8, 4) is 27.8 Å². The Kier molecular flexibility index (Phi) is 4.46. The topological polar surface area (TPSA) is 60.8 Å². The third kappa shape index (κ3) is 2.57. The summed E-state index contributed by atoms with van der Waals surface area (Å²) in [6.07, 6.45) is 0. The van der Waals surface area contributed by atoms with Crippen LogP contribution in [0.25, 0.3) is 10.6 Å². The third-order valence-electron chi connectivity index (χ3n) is 2.95. The number of hydrogen-bond donors (Lipinski definition) is 1. The average Bonchev–Trinajstić information content (AvgIpc) is 2.86. The first-order valence-electron chi connectivity index (χ1n) is 6.02. The lowest BCUT2D eigenvalue weighted by molar-refractivity contribution is 0.277. The highest BCUT2D eigenvalue weighted by molar-refractivity contribution is 7.15. The van der Waals surface area contributed by atoms with Crippen molar-refractivity contribution < 1.29 is 19.3 Å². The van der Waals surface area contributed by atoms with Crippen molar-refractivity contribution in [1.82, 2.24) is 4.98 Å². The van der Waals surface area contributed by atoms with Crippen molar-refractivity contribution in [2.45, 2.75) is 13.5 Å². The largest absolute Gasteiger partial charge is 0.493 e. The zero-order chi connectivity index (χ0) is 14.7. The third-order valence-corrected chi connectivity index (χ3v) is 4.02. The first-order chi connectivity index (χ1) is 9.64. The zero-order valence-corrected chi connectivity index (χ0v) is 12.7. The van der Waals surface area contributed by atoms with E-state index >= 15 is 0 Å². The van der Waals surface area contributed by atoms with Crippen LogP contribution in [0.2, 0.25) is 0 Å². The van der Waals surface area contributed by atoms with Gasteiger partial charge in [0.15, 0.2) is 11.5 Å². The van der Waals surface area contributed by atoms with E-state index in [1.807, 2.05) is 19.1 Å². The van der Waals surface area contributed by atoms with Gasteiger partial charge in [-0.3, -0.25) is 0 Å². The van der Waals surface area contributed by atoms with Gasteiger partial charge in [-0.1, -0.05) is 0 Å². The fraction of sp³-hybridized carbons (Fsp3) is 0.357. The second-order valence-corrected chi connectivity index (χ2v) is 5.30. The van der Waals surface area contributed by atoms with Gasteiger partial charge in [0.1, 0.15) is 5.01 Å².